The van der Waals surface area contributed by atoms with E-state index in [-0.39, 0.29) is 6.61 Å². The number of hydrogen-bond donors (Lipinski definition) is 0. The molecule has 0 aliphatic carbocycles. The summed E-state index contributed by atoms with van der Waals surface area (Å²) in [4.78, 5) is 0. The van der Waals surface area contributed by atoms with E-state index >= 15 is 0 Å². The lowest BCUT2D eigenvalue weighted by Gasteiger charge is -2.04. The van der Waals surface area contributed by atoms with E-state index in [0.717, 1.165) is 19.5 Å². The summed E-state index contributed by atoms with van der Waals surface area (Å²) in [6.07, 6.45) is 8.11. The Balaban J connectivity index is 3.03. The lowest BCUT2D eigenvalue weighted by Crippen LogP contribution is -1.89. The SMILES string of the molecule is CCCCCCCCCOP(C)(=O)F. The van der Waals surface area contributed by atoms with Crippen molar-refractivity contribution >= 4 is 7.68 Å². The lowest BCUT2D eigenvalue weighted by atomic mass is 10.1. The molecule has 0 aliphatic heterocycles. The summed E-state index contributed by atoms with van der Waals surface area (Å²) < 4.78 is 27.4. The zero-order valence-corrected chi connectivity index (χ0v) is 10.2. The van der Waals surface area contributed by atoms with Crippen molar-refractivity contribution in [2.45, 2.75) is 51.9 Å². The van der Waals surface area contributed by atoms with Crippen molar-refractivity contribution in [1.82, 2.24) is 0 Å². The minimum atomic E-state index is -3.73. The van der Waals surface area contributed by atoms with Gasteiger partial charge in [0.1, 0.15) is 0 Å². The molecule has 0 heterocycles. The fourth-order valence-corrected chi connectivity index (χ4v) is 1.74. The summed E-state index contributed by atoms with van der Waals surface area (Å²) in [5.41, 5.74) is 0. The first-order chi connectivity index (χ1) is 6.56. The molecule has 0 radical (unpaired) electrons. The fraction of sp³-hybridized carbons (Fsp3) is 1.00. The highest BCUT2D eigenvalue weighted by atomic mass is 31.2. The van der Waals surface area contributed by atoms with Crippen molar-refractivity contribution in [3.8, 4) is 0 Å². The standard InChI is InChI=1S/C10H22FO2P/c1-3-4-5-6-7-8-9-10-13-14(2,11)12/h3-10H2,1-2H3. The van der Waals surface area contributed by atoms with Crippen LogP contribution in [0.2, 0.25) is 0 Å². The maximum atomic E-state index is 12.4. The number of hydrogen-bond acceptors (Lipinski definition) is 2. The Hall–Kier alpha value is 0.120. The number of unbranched alkanes of at least 4 members (excludes halogenated alkanes) is 6. The third-order valence-corrected chi connectivity index (χ3v) is 2.71. The Kier molecular flexibility index (Phi) is 8.50. The van der Waals surface area contributed by atoms with Crippen LogP contribution in [-0.2, 0) is 9.09 Å². The van der Waals surface area contributed by atoms with E-state index in [1.165, 1.54) is 32.1 Å². The fourth-order valence-electron chi connectivity index (χ4n) is 1.29. The van der Waals surface area contributed by atoms with Crippen LogP contribution in [0.1, 0.15) is 51.9 Å². The molecule has 0 fully saturated rings. The molecule has 0 amide bonds. The number of rotatable bonds is 9. The van der Waals surface area contributed by atoms with Crippen LogP contribution in [0.3, 0.4) is 0 Å². The first kappa shape index (κ1) is 14.1. The second-order valence-electron chi connectivity index (χ2n) is 3.70. The van der Waals surface area contributed by atoms with Crippen LogP contribution < -0.4 is 0 Å². The molecule has 0 bridgehead atoms. The van der Waals surface area contributed by atoms with Crippen molar-refractivity contribution in [2.75, 3.05) is 13.3 Å². The van der Waals surface area contributed by atoms with Gasteiger partial charge in [0.15, 0.2) is 0 Å². The van der Waals surface area contributed by atoms with Gasteiger partial charge in [-0.3, -0.25) is 4.57 Å². The summed E-state index contributed by atoms with van der Waals surface area (Å²) >= 11 is 0. The lowest BCUT2D eigenvalue weighted by molar-refractivity contribution is 0.281. The van der Waals surface area contributed by atoms with E-state index in [1.807, 2.05) is 0 Å². The maximum Gasteiger partial charge on any atom is 0.364 e. The van der Waals surface area contributed by atoms with Gasteiger partial charge in [-0.15, -0.1) is 0 Å². The highest BCUT2D eigenvalue weighted by Crippen LogP contribution is 2.43. The minimum Gasteiger partial charge on any atom is -0.306 e. The van der Waals surface area contributed by atoms with Crippen molar-refractivity contribution in [2.24, 2.45) is 0 Å². The molecule has 0 rings (SSSR count). The highest BCUT2D eigenvalue weighted by Gasteiger charge is 2.11. The van der Waals surface area contributed by atoms with Crippen molar-refractivity contribution < 1.29 is 13.3 Å². The van der Waals surface area contributed by atoms with E-state index < -0.39 is 7.68 Å². The first-order valence-corrected chi connectivity index (χ1v) is 7.44. The summed E-state index contributed by atoms with van der Waals surface area (Å²) in [5, 5.41) is 0. The van der Waals surface area contributed by atoms with Crippen molar-refractivity contribution in [3.63, 3.8) is 0 Å². The molecule has 0 aromatic carbocycles. The summed E-state index contributed by atoms with van der Waals surface area (Å²) in [7, 11) is -3.73. The van der Waals surface area contributed by atoms with E-state index in [0.29, 0.717) is 0 Å². The Morgan fingerprint density at radius 1 is 1.07 bits per heavy atom. The van der Waals surface area contributed by atoms with Gasteiger partial charge in [-0.05, 0) is 6.42 Å². The van der Waals surface area contributed by atoms with Crippen LogP contribution in [-0.4, -0.2) is 13.3 Å². The largest absolute Gasteiger partial charge is 0.364 e. The summed E-state index contributed by atoms with van der Waals surface area (Å²) in [6, 6.07) is 0. The first-order valence-electron chi connectivity index (χ1n) is 5.48. The molecule has 1 unspecified atom stereocenters. The summed E-state index contributed by atoms with van der Waals surface area (Å²) in [6.45, 7) is 3.49. The molecule has 14 heavy (non-hydrogen) atoms. The monoisotopic (exact) mass is 224 g/mol. The molecule has 2 nitrogen and oxygen atoms in total. The van der Waals surface area contributed by atoms with E-state index in [4.69, 9.17) is 0 Å². The normalized spacial score (nSPS) is 15.4. The molecule has 0 aromatic rings. The molecule has 0 aliphatic rings. The van der Waals surface area contributed by atoms with Gasteiger partial charge in [-0.2, -0.15) is 4.20 Å². The van der Waals surface area contributed by atoms with Gasteiger partial charge >= 0.3 is 7.68 Å². The molecule has 0 saturated carbocycles. The molecule has 4 heteroatoms. The molecule has 86 valence electrons. The van der Waals surface area contributed by atoms with Gasteiger partial charge in [0.25, 0.3) is 0 Å². The quantitative estimate of drug-likeness (QED) is 0.424. The molecular formula is C10H22FO2P. The molecule has 0 saturated heterocycles. The minimum absolute atomic E-state index is 0.290. The Bertz CT molecular complexity index is 168. The predicted octanol–water partition coefficient (Wildman–Crippen LogP) is 4.55. The van der Waals surface area contributed by atoms with E-state index in [9.17, 15) is 8.76 Å². The summed E-state index contributed by atoms with van der Waals surface area (Å²) in [5.74, 6) is 0. The van der Waals surface area contributed by atoms with Crippen LogP contribution in [0.4, 0.5) is 4.20 Å². The van der Waals surface area contributed by atoms with Gasteiger partial charge in [0, 0.05) is 6.66 Å². The van der Waals surface area contributed by atoms with Gasteiger partial charge in [-0.1, -0.05) is 45.4 Å². The van der Waals surface area contributed by atoms with Gasteiger partial charge < -0.3 is 4.52 Å². The third-order valence-electron chi connectivity index (χ3n) is 2.07. The molecule has 0 spiro atoms. The van der Waals surface area contributed by atoms with E-state index in [1.54, 1.807) is 0 Å². The smallest absolute Gasteiger partial charge is 0.306 e. The zero-order chi connectivity index (χ0) is 10.9. The average Bonchev–Trinajstić information content (AvgIpc) is 2.08. The second kappa shape index (κ2) is 8.43. The van der Waals surface area contributed by atoms with Crippen molar-refractivity contribution in [1.29, 1.82) is 0 Å². The van der Waals surface area contributed by atoms with Crippen molar-refractivity contribution in [3.05, 3.63) is 0 Å². The van der Waals surface area contributed by atoms with E-state index in [2.05, 4.69) is 11.4 Å². The van der Waals surface area contributed by atoms with Crippen LogP contribution in [0.25, 0.3) is 0 Å². The van der Waals surface area contributed by atoms with Gasteiger partial charge in [0.05, 0.1) is 6.61 Å². The average molecular weight is 224 g/mol. The second-order valence-corrected chi connectivity index (χ2v) is 5.45. The topological polar surface area (TPSA) is 26.3 Å². The van der Waals surface area contributed by atoms with Crippen LogP contribution >= 0.6 is 7.68 Å². The van der Waals surface area contributed by atoms with Crippen LogP contribution in [0.15, 0.2) is 0 Å². The number of halogens is 1. The van der Waals surface area contributed by atoms with Gasteiger partial charge in [0.2, 0.25) is 0 Å². The molecule has 0 aromatic heterocycles. The molecule has 0 N–H and O–H groups in total. The Morgan fingerprint density at radius 2 is 1.57 bits per heavy atom. The van der Waals surface area contributed by atoms with Gasteiger partial charge in [-0.25, -0.2) is 0 Å². The molecular weight excluding hydrogens is 202 g/mol. The Labute approximate surface area is 86.8 Å². The molecule has 1 atom stereocenters. The highest BCUT2D eigenvalue weighted by molar-refractivity contribution is 7.52. The Morgan fingerprint density at radius 3 is 2.07 bits per heavy atom. The van der Waals surface area contributed by atoms with Crippen LogP contribution in [0, 0.1) is 0 Å². The third kappa shape index (κ3) is 12.1. The van der Waals surface area contributed by atoms with Crippen LogP contribution in [0.5, 0.6) is 0 Å². The predicted molar refractivity (Wildman–Crippen MR) is 58.6 cm³/mol. The zero-order valence-electron chi connectivity index (χ0n) is 9.30. The maximum absolute atomic E-state index is 12.4.